The standard InChI is InChI=1S/C20H14S2/c1-2-8-18(9-3-1)21-20-13-12-19(22-20)17-11-10-15-6-4-5-7-16(15)14-17/h1-14H. The third-order valence-corrected chi connectivity index (χ3v) is 5.85. The zero-order valence-electron chi connectivity index (χ0n) is 11.9. The van der Waals surface area contributed by atoms with E-state index in [9.17, 15) is 0 Å². The Morgan fingerprint density at radius 2 is 1.41 bits per heavy atom. The molecule has 0 spiro atoms. The van der Waals surface area contributed by atoms with Crippen molar-refractivity contribution in [2.24, 2.45) is 0 Å². The average molecular weight is 318 g/mol. The molecule has 0 radical (unpaired) electrons. The van der Waals surface area contributed by atoms with Crippen molar-refractivity contribution in [1.82, 2.24) is 0 Å². The lowest BCUT2D eigenvalue weighted by molar-refractivity contribution is 1.46. The topological polar surface area (TPSA) is 0 Å². The molecule has 0 atom stereocenters. The van der Waals surface area contributed by atoms with E-state index in [1.165, 1.54) is 30.3 Å². The molecular weight excluding hydrogens is 304 g/mol. The lowest BCUT2D eigenvalue weighted by Gasteiger charge is -2.01. The number of hydrogen-bond donors (Lipinski definition) is 0. The van der Waals surface area contributed by atoms with Crippen molar-refractivity contribution in [3.05, 3.63) is 84.9 Å². The van der Waals surface area contributed by atoms with Gasteiger partial charge in [-0.05, 0) is 46.7 Å². The van der Waals surface area contributed by atoms with Crippen molar-refractivity contribution in [2.75, 3.05) is 0 Å². The molecule has 0 amide bonds. The first kappa shape index (κ1) is 13.6. The monoisotopic (exact) mass is 318 g/mol. The number of fused-ring (bicyclic) bond motifs is 1. The van der Waals surface area contributed by atoms with E-state index >= 15 is 0 Å². The van der Waals surface area contributed by atoms with E-state index in [1.807, 2.05) is 23.1 Å². The molecule has 1 heterocycles. The summed E-state index contributed by atoms with van der Waals surface area (Å²) >= 11 is 3.68. The van der Waals surface area contributed by atoms with Gasteiger partial charge in [0.25, 0.3) is 0 Å². The highest BCUT2D eigenvalue weighted by atomic mass is 32.2. The molecule has 4 rings (SSSR count). The number of hydrogen-bond acceptors (Lipinski definition) is 2. The molecule has 0 bridgehead atoms. The Morgan fingerprint density at radius 3 is 2.27 bits per heavy atom. The quantitative estimate of drug-likeness (QED) is 0.404. The predicted octanol–water partition coefficient (Wildman–Crippen LogP) is 6.72. The summed E-state index contributed by atoms with van der Waals surface area (Å²) < 4.78 is 1.33. The Labute approximate surface area is 138 Å². The van der Waals surface area contributed by atoms with Gasteiger partial charge in [-0.1, -0.05) is 66.4 Å². The fraction of sp³-hybridized carbons (Fsp3) is 0. The molecule has 0 aliphatic carbocycles. The lowest BCUT2D eigenvalue weighted by atomic mass is 10.1. The molecule has 0 aliphatic rings. The van der Waals surface area contributed by atoms with Crippen LogP contribution < -0.4 is 0 Å². The number of rotatable bonds is 3. The Hall–Kier alpha value is -2.03. The van der Waals surface area contributed by atoms with Crippen LogP contribution in [0.4, 0.5) is 0 Å². The fourth-order valence-electron chi connectivity index (χ4n) is 2.48. The second-order valence-corrected chi connectivity index (χ2v) is 7.55. The highest BCUT2D eigenvalue weighted by Gasteiger charge is 2.05. The van der Waals surface area contributed by atoms with Gasteiger partial charge in [0.05, 0.1) is 4.21 Å². The van der Waals surface area contributed by atoms with Gasteiger partial charge in [0.1, 0.15) is 0 Å². The first-order chi connectivity index (χ1) is 10.9. The van der Waals surface area contributed by atoms with Gasteiger partial charge in [-0.3, -0.25) is 0 Å². The maximum absolute atomic E-state index is 2.28. The summed E-state index contributed by atoms with van der Waals surface area (Å²) in [4.78, 5) is 2.61. The van der Waals surface area contributed by atoms with Gasteiger partial charge < -0.3 is 0 Å². The second kappa shape index (κ2) is 5.99. The minimum Gasteiger partial charge on any atom is -0.128 e. The van der Waals surface area contributed by atoms with Crippen LogP contribution in [0.5, 0.6) is 0 Å². The van der Waals surface area contributed by atoms with Crippen molar-refractivity contribution in [3.8, 4) is 10.4 Å². The third-order valence-electron chi connectivity index (χ3n) is 3.58. The molecule has 0 saturated heterocycles. The lowest BCUT2D eigenvalue weighted by Crippen LogP contribution is -1.74. The van der Waals surface area contributed by atoms with Gasteiger partial charge >= 0.3 is 0 Å². The average Bonchev–Trinajstić information content (AvgIpc) is 3.04. The van der Waals surface area contributed by atoms with Crippen LogP contribution in [0, 0.1) is 0 Å². The van der Waals surface area contributed by atoms with Crippen LogP contribution >= 0.6 is 23.1 Å². The molecule has 3 aromatic carbocycles. The molecule has 0 nitrogen and oxygen atoms in total. The zero-order valence-corrected chi connectivity index (χ0v) is 13.5. The van der Waals surface area contributed by atoms with E-state index in [4.69, 9.17) is 0 Å². The first-order valence-electron chi connectivity index (χ1n) is 7.20. The van der Waals surface area contributed by atoms with Crippen molar-refractivity contribution < 1.29 is 0 Å². The Morgan fingerprint density at radius 1 is 0.636 bits per heavy atom. The van der Waals surface area contributed by atoms with Gasteiger partial charge in [-0.2, -0.15) is 0 Å². The van der Waals surface area contributed by atoms with E-state index < -0.39 is 0 Å². The summed E-state index contributed by atoms with van der Waals surface area (Å²) in [7, 11) is 0. The molecule has 0 unspecified atom stereocenters. The van der Waals surface area contributed by atoms with Crippen LogP contribution in [0.15, 0.2) is 94.0 Å². The number of thiophene rings is 1. The predicted molar refractivity (Wildman–Crippen MR) is 97.8 cm³/mol. The highest BCUT2D eigenvalue weighted by Crippen LogP contribution is 2.38. The summed E-state index contributed by atoms with van der Waals surface area (Å²) in [5.41, 5.74) is 1.30. The first-order valence-corrected chi connectivity index (χ1v) is 8.84. The summed E-state index contributed by atoms with van der Waals surface area (Å²) in [6.45, 7) is 0. The van der Waals surface area contributed by atoms with Gasteiger partial charge in [-0.15, -0.1) is 11.3 Å². The van der Waals surface area contributed by atoms with Crippen molar-refractivity contribution >= 4 is 33.9 Å². The fourth-order valence-corrected chi connectivity index (χ4v) is 4.60. The molecule has 106 valence electrons. The largest absolute Gasteiger partial charge is 0.128 e. The van der Waals surface area contributed by atoms with Gasteiger partial charge in [0.2, 0.25) is 0 Å². The molecular formula is C20H14S2. The van der Waals surface area contributed by atoms with Crippen LogP contribution in [0.3, 0.4) is 0 Å². The molecule has 0 N–H and O–H groups in total. The Bertz CT molecular complexity index is 907. The summed E-state index contributed by atoms with van der Waals surface area (Å²) in [5, 5.41) is 2.59. The SMILES string of the molecule is c1ccc(Sc2ccc(-c3ccc4ccccc4c3)s2)cc1. The van der Waals surface area contributed by atoms with E-state index in [0.29, 0.717) is 0 Å². The van der Waals surface area contributed by atoms with Crippen LogP contribution in [0.1, 0.15) is 0 Å². The summed E-state index contributed by atoms with van der Waals surface area (Å²) in [5.74, 6) is 0. The smallest absolute Gasteiger partial charge is 0.0652 e. The number of benzene rings is 3. The molecule has 22 heavy (non-hydrogen) atoms. The molecule has 0 saturated carbocycles. The van der Waals surface area contributed by atoms with E-state index in [-0.39, 0.29) is 0 Å². The van der Waals surface area contributed by atoms with Crippen LogP contribution in [-0.4, -0.2) is 0 Å². The van der Waals surface area contributed by atoms with Crippen LogP contribution in [0.2, 0.25) is 0 Å². The van der Waals surface area contributed by atoms with E-state index in [0.717, 1.165) is 0 Å². The van der Waals surface area contributed by atoms with Crippen molar-refractivity contribution in [2.45, 2.75) is 9.10 Å². The maximum Gasteiger partial charge on any atom is 0.0652 e. The van der Waals surface area contributed by atoms with Gasteiger partial charge in [0.15, 0.2) is 0 Å². The van der Waals surface area contributed by atoms with E-state index in [1.54, 1.807) is 0 Å². The zero-order chi connectivity index (χ0) is 14.8. The molecule has 2 heteroatoms. The van der Waals surface area contributed by atoms with Crippen molar-refractivity contribution in [1.29, 1.82) is 0 Å². The molecule has 0 fully saturated rings. The second-order valence-electron chi connectivity index (χ2n) is 5.10. The molecule has 4 aromatic rings. The highest BCUT2D eigenvalue weighted by molar-refractivity contribution is 8.01. The maximum atomic E-state index is 2.28. The van der Waals surface area contributed by atoms with Crippen LogP contribution in [0.25, 0.3) is 21.2 Å². The Kier molecular flexibility index (Phi) is 3.71. The molecule has 1 aromatic heterocycles. The summed E-state index contributed by atoms with van der Waals surface area (Å²) in [6.07, 6.45) is 0. The normalized spacial score (nSPS) is 10.9. The van der Waals surface area contributed by atoms with Crippen LogP contribution in [-0.2, 0) is 0 Å². The Balaban J connectivity index is 1.65. The van der Waals surface area contributed by atoms with Gasteiger partial charge in [-0.25, -0.2) is 0 Å². The third kappa shape index (κ3) is 2.80. The van der Waals surface area contributed by atoms with E-state index in [2.05, 4.69) is 84.9 Å². The van der Waals surface area contributed by atoms with Crippen molar-refractivity contribution in [3.63, 3.8) is 0 Å². The minimum atomic E-state index is 1.29. The van der Waals surface area contributed by atoms with Gasteiger partial charge in [0, 0.05) is 9.77 Å². The summed E-state index contributed by atoms with van der Waals surface area (Å²) in [6, 6.07) is 30.2. The molecule has 0 aliphatic heterocycles. The minimum absolute atomic E-state index is 1.29.